The van der Waals surface area contributed by atoms with E-state index in [1.165, 1.54) is 25.2 Å². The first kappa shape index (κ1) is 31.4. The van der Waals surface area contributed by atoms with E-state index >= 15 is 0 Å². The lowest BCUT2D eigenvalue weighted by atomic mass is 10.1. The van der Waals surface area contributed by atoms with Gasteiger partial charge in [0.2, 0.25) is 0 Å². The van der Waals surface area contributed by atoms with Gasteiger partial charge >= 0.3 is 0 Å². The molecule has 0 spiro atoms. The summed E-state index contributed by atoms with van der Waals surface area (Å²) in [7, 11) is 0. The summed E-state index contributed by atoms with van der Waals surface area (Å²) >= 11 is 5.95. The van der Waals surface area contributed by atoms with Gasteiger partial charge in [0, 0.05) is 17.5 Å². The zero-order valence-corrected chi connectivity index (χ0v) is 23.4. The standard InChI is InChI=1S/C25H29ClFN5O2.3ClH/c26-19-4-1-5-20(24(19)27)32-25-18-13-22(33-12-8-16-3-2-9-29-16)23(14-21(18)30-15-31-25)34-17-6-10-28-11-7-17;;;/h1,4-5,13-17,28-29H,2-3,6-12H2,(H,30,31,32);3*1H. The molecule has 5 rings (SSSR count). The van der Waals surface area contributed by atoms with Gasteiger partial charge in [-0.2, -0.15) is 0 Å². The zero-order valence-electron chi connectivity index (χ0n) is 20.2. The summed E-state index contributed by atoms with van der Waals surface area (Å²) < 4.78 is 27.1. The van der Waals surface area contributed by atoms with Crippen molar-refractivity contribution >= 4 is 71.2 Å². The third kappa shape index (κ3) is 7.85. The average molecular weight is 595 g/mol. The second kappa shape index (κ2) is 15.0. The Morgan fingerprint density at radius 2 is 1.84 bits per heavy atom. The van der Waals surface area contributed by atoms with Gasteiger partial charge in [0.25, 0.3) is 0 Å². The topological polar surface area (TPSA) is 80.3 Å². The van der Waals surface area contributed by atoms with Gasteiger partial charge in [-0.1, -0.05) is 17.7 Å². The molecule has 3 heterocycles. The molecule has 1 atom stereocenters. The maximum Gasteiger partial charge on any atom is 0.165 e. The highest BCUT2D eigenvalue weighted by molar-refractivity contribution is 6.31. The van der Waals surface area contributed by atoms with Crippen LogP contribution in [0.5, 0.6) is 11.5 Å². The van der Waals surface area contributed by atoms with E-state index in [1.54, 1.807) is 12.1 Å². The van der Waals surface area contributed by atoms with E-state index in [0.717, 1.165) is 38.9 Å². The number of halogens is 5. The lowest BCUT2D eigenvalue weighted by Crippen LogP contribution is -2.34. The van der Waals surface area contributed by atoms with Crippen LogP contribution in [-0.4, -0.2) is 48.4 Å². The molecule has 3 N–H and O–H groups in total. The molecule has 2 saturated heterocycles. The Labute approximate surface area is 239 Å². The number of benzene rings is 2. The molecule has 2 aliphatic rings. The molecule has 0 saturated carbocycles. The maximum absolute atomic E-state index is 14.5. The van der Waals surface area contributed by atoms with Crippen LogP contribution in [0.15, 0.2) is 36.7 Å². The van der Waals surface area contributed by atoms with Gasteiger partial charge in [-0.3, -0.25) is 0 Å². The number of aromatic nitrogens is 2. The van der Waals surface area contributed by atoms with Crippen molar-refractivity contribution in [3.8, 4) is 11.5 Å². The summed E-state index contributed by atoms with van der Waals surface area (Å²) in [6.07, 6.45) is 6.76. The molecular weight excluding hydrogens is 563 g/mol. The largest absolute Gasteiger partial charge is 0.490 e. The lowest BCUT2D eigenvalue weighted by molar-refractivity contribution is 0.153. The Morgan fingerprint density at radius 1 is 1.03 bits per heavy atom. The minimum absolute atomic E-state index is 0. The third-order valence-corrected chi connectivity index (χ3v) is 6.66. The van der Waals surface area contributed by atoms with Gasteiger partial charge in [-0.25, -0.2) is 14.4 Å². The highest BCUT2D eigenvalue weighted by Gasteiger charge is 2.20. The van der Waals surface area contributed by atoms with E-state index < -0.39 is 5.82 Å². The van der Waals surface area contributed by atoms with Crippen molar-refractivity contribution in [3.63, 3.8) is 0 Å². The Kier molecular flexibility index (Phi) is 12.7. The molecule has 204 valence electrons. The van der Waals surface area contributed by atoms with Crippen molar-refractivity contribution in [3.05, 3.63) is 47.5 Å². The van der Waals surface area contributed by atoms with Gasteiger partial charge < -0.3 is 25.4 Å². The highest BCUT2D eigenvalue weighted by atomic mass is 35.5. The summed E-state index contributed by atoms with van der Waals surface area (Å²) in [5.74, 6) is 1.27. The number of fused-ring (bicyclic) bond motifs is 1. The molecule has 3 aromatic rings. The van der Waals surface area contributed by atoms with Crippen LogP contribution in [0, 0.1) is 5.82 Å². The van der Waals surface area contributed by atoms with Crippen molar-refractivity contribution in [2.45, 2.75) is 44.2 Å². The van der Waals surface area contributed by atoms with Crippen LogP contribution in [0.1, 0.15) is 32.1 Å². The summed E-state index contributed by atoms with van der Waals surface area (Å²) in [5, 5.41) is 10.7. The quantitative estimate of drug-likeness (QED) is 0.291. The highest BCUT2D eigenvalue weighted by Crippen LogP contribution is 2.37. The summed E-state index contributed by atoms with van der Waals surface area (Å²) in [6, 6.07) is 9.08. The van der Waals surface area contributed by atoms with E-state index in [4.69, 9.17) is 21.1 Å². The molecular formula is C25H32Cl4FN5O2. The molecule has 2 fully saturated rings. The Bertz CT molecular complexity index is 1150. The van der Waals surface area contributed by atoms with E-state index in [1.807, 2.05) is 12.1 Å². The molecule has 1 unspecified atom stereocenters. The van der Waals surface area contributed by atoms with Crippen LogP contribution in [-0.2, 0) is 0 Å². The summed E-state index contributed by atoms with van der Waals surface area (Å²) in [5.41, 5.74) is 0.936. The minimum atomic E-state index is -0.526. The predicted octanol–water partition coefficient (Wildman–Crippen LogP) is 6.08. The van der Waals surface area contributed by atoms with Crippen LogP contribution in [0.4, 0.5) is 15.9 Å². The molecule has 0 amide bonds. The Morgan fingerprint density at radius 3 is 2.59 bits per heavy atom. The van der Waals surface area contributed by atoms with E-state index in [-0.39, 0.29) is 54.0 Å². The number of hydrogen-bond acceptors (Lipinski definition) is 7. The van der Waals surface area contributed by atoms with Gasteiger partial charge in [0.05, 0.1) is 22.8 Å². The van der Waals surface area contributed by atoms with Gasteiger partial charge in [-0.15, -0.1) is 37.2 Å². The lowest BCUT2D eigenvalue weighted by Gasteiger charge is -2.25. The smallest absolute Gasteiger partial charge is 0.165 e. The fourth-order valence-electron chi connectivity index (χ4n) is 4.50. The Hall–Kier alpha value is -1.81. The van der Waals surface area contributed by atoms with Crippen molar-refractivity contribution < 1.29 is 13.9 Å². The monoisotopic (exact) mass is 593 g/mol. The van der Waals surface area contributed by atoms with Gasteiger partial charge in [0.15, 0.2) is 17.3 Å². The van der Waals surface area contributed by atoms with E-state index in [9.17, 15) is 4.39 Å². The van der Waals surface area contributed by atoms with E-state index in [0.29, 0.717) is 40.9 Å². The van der Waals surface area contributed by atoms with Crippen LogP contribution in [0.25, 0.3) is 10.9 Å². The second-order valence-electron chi connectivity index (χ2n) is 8.76. The SMILES string of the molecule is Cl.Cl.Cl.Fc1c(Cl)cccc1Nc1ncnc2cc(OC3CCNCC3)c(OCCC3CCCN3)cc12. The van der Waals surface area contributed by atoms with Crippen molar-refractivity contribution in [2.75, 3.05) is 31.6 Å². The molecule has 0 radical (unpaired) electrons. The Balaban J connectivity index is 0.00000160. The van der Waals surface area contributed by atoms with Crippen molar-refractivity contribution in [2.24, 2.45) is 0 Å². The molecule has 0 aliphatic carbocycles. The maximum atomic E-state index is 14.5. The minimum Gasteiger partial charge on any atom is -0.490 e. The molecule has 0 bridgehead atoms. The first-order valence-corrected chi connectivity index (χ1v) is 12.3. The van der Waals surface area contributed by atoms with Gasteiger partial charge in [0.1, 0.15) is 18.2 Å². The fraction of sp³-hybridized carbons (Fsp3) is 0.440. The first-order valence-electron chi connectivity index (χ1n) is 11.9. The molecule has 1 aromatic heterocycles. The number of piperidine rings is 1. The average Bonchev–Trinajstić information content (AvgIpc) is 3.37. The number of hydrogen-bond donors (Lipinski definition) is 3. The molecule has 37 heavy (non-hydrogen) atoms. The number of rotatable bonds is 8. The number of nitrogens with one attached hydrogen (secondary N) is 3. The molecule has 7 nitrogen and oxygen atoms in total. The fourth-order valence-corrected chi connectivity index (χ4v) is 4.68. The third-order valence-electron chi connectivity index (χ3n) is 6.37. The predicted molar refractivity (Wildman–Crippen MR) is 154 cm³/mol. The molecule has 2 aromatic carbocycles. The van der Waals surface area contributed by atoms with E-state index in [2.05, 4.69) is 25.9 Å². The normalized spacial score (nSPS) is 17.3. The number of nitrogens with zero attached hydrogens (tertiary/aromatic N) is 2. The van der Waals surface area contributed by atoms with Crippen LogP contribution < -0.4 is 25.4 Å². The number of ether oxygens (including phenoxy) is 2. The molecule has 12 heteroatoms. The van der Waals surface area contributed by atoms with Gasteiger partial charge in [-0.05, 0) is 69.9 Å². The van der Waals surface area contributed by atoms with Crippen molar-refractivity contribution in [1.82, 2.24) is 20.6 Å². The second-order valence-corrected chi connectivity index (χ2v) is 9.17. The number of anilines is 2. The summed E-state index contributed by atoms with van der Waals surface area (Å²) in [4.78, 5) is 8.79. The van der Waals surface area contributed by atoms with Crippen molar-refractivity contribution in [1.29, 1.82) is 0 Å². The van der Waals surface area contributed by atoms with Crippen LogP contribution in [0.2, 0.25) is 5.02 Å². The summed E-state index contributed by atoms with van der Waals surface area (Å²) in [6.45, 7) is 3.51. The van der Waals surface area contributed by atoms with Crippen LogP contribution >= 0.6 is 48.8 Å². The molecule has 2 aliphatic heterocycles. The zero-order chi connectivity index (χ0) is 23.3. The van der Waals surface area contributed by atoms with Crippen LogP contribution in [0.3, 0.4) is 0 Å². The first-order chi connectivity index (χ1) is 16.7.